The topological polar surface area (TPSA) is 407 Å². The van der Waals surface area contributed by atoms with Crippen molar-refractivity contribution in [3.8, 4) is 5.75 Å². The van der Waals surface area contributed by atoms with Crippen LogP contribution in [0.4, 0.5) is 0 Å². The van der Waals surface area contributed by atoms with Crippen molar-refractivity contribution in [3.63, 3.8) is 0 Å². The molecule has 4 saturated carbocycles. The molecule has 28 atom stereocenters. The first kappa shape index (κ1) is 68.0. The quantitative estimate of drug-likeness (QED) is 0.0375. The monoisotopic (exact) mass is 1260 g/mol. The number of aromatic hydroxyl groups is 1. The summed E-state index contributed by atoms with van der Waals surface area (Å²) in [5.74, 6) is -3.46. The maximum atomic E-state index is 15.7. The van der Waals surface area contributed by atoms with Crippen LogP contribution in [0.5, 0.6) is 5.75 Å². The first-order chi connectivity index (χ1) is 41.8. The van der Waals surface area contributed by atoms with Gasteiger partial charge in [-0.3, -0.25) is 4.79 Å². The number of esters is 3. The summed E-state index contributed by atoms with van der Waals surface area (Å²) in [5.41, 5.74) is -2.57. The molecule has 89 heavy (non-hydrogen) atoms. The van der Waals surface area contributed by atoms with Crippen LogP contribution in [0.2, 0.25) is 0 Å². The number of methoxy groups -OCH3 is 1. The van der Waals surface area contributed by atoms with Gasteiger partial charge in [-0.15, -0.1) is 0 Å². The van der Waals surface area contributed by atoms with E-state index >= 15 is 4.79 Å². The van der Waals surface area contributed by atoms with Gasteiger partial charge in [0.15, 0.2) is 31.1 Å². The number of benzene rings is 1. The van der Waals surface area contributed by atoms with Gasteiger partial charge in [-0.25, -0.2) is 9.59 Å². The molecule has 1 aromatic carbocycles. The summed E-state index contributed by atoms with van der Waals surface area (Å²) in [6.07, 6.45) is -25.9. The zero-order valence-corrected chi connectivity index (χ0v) is 51.5. The summed E-state index contributed by atoms with van der Waals surface area (Å²) < 4.78 is 59.5. The van der Waals surface area contributed by atoms with Crippen molar-refractivity contribution in [2.75, 3.05) is 26.9 Å². The van der Waals surface area contributed by atoms with E-state index in [9.17, 15) is 76.0 Å². The molecule has 9 aliphatic rings. The van der Waals surface area contributed by atoms with Gasteiger partial charge in [-0.2, -0.15) is 0 Å². The van der Waals surface area contributed by atoms with Crippen LogP contribution < -0.4 is 0 Å². The minimum Gasteiger partial charge on any atom is -0.508 e. The van der Waals surface area contributed by atoms with E-state index in [1.165, 1.54) is 30.3 Å². The molecule has 4 aliphatic heterocycles. The first-order valence-electron chi connectivity index (χ1n) is 31.1. The minimum absolute atomic E-state index is 0.0138. The van der Waals surface area contributed by atoms with Crippen molar-refractivity contribution >= 4 is 24.0 Å². The van der Waals surface area contributed by atoms with Crippen LogP contribution in [0.15, 0.2) is 42.0 Å². The fraction of sp³-hybridized carbons (Fsp3) is 0.794. The van der Waals surface area contributed by atoms with E-state index in [1.54, 1.807) is 0 Å². The third-order valence-corrected chi connectivity index (χ3v) is 22.7. The Labute approximate surface area is 516 Å². The second-order valence-corrected chi connectivity index (χ2v) is 28.5. The normalized spacial score (nSPS) is 47.7. The van der Waals surface area contributed by atoms with Gasteiger partial charge in [0.25, 0.3) is 0 Å². The molecule has 500 valence electrons. The molecule has 0 bridgehead atoms. The van der Waals surface area contributed by atoms with Crippen molar-refractivity contribution in [2.24, 2.45) is 50.2 Å². The van der Waals surface area contributed by atoms with E-state index in [0.717, 1.165) is 18.8 Å². The summed E-state index contributed by atoms with van der Waals surface area (Å²) in [4.78, 5) is 42.5. The van der Waals surface area contributed by atoms with Crippen LogP contribution in [-0.4, -0.2) is 240 Å². The zero-order chi connectivity index (χ0) is 64.8. The van der Waals surface area contributed by atoms with Crippen LogP contribution in [0.25, 0.3) is 6.08 Å². The lowest BCUT2D eigenvalue weighted by Gasteiger charge is -2.71. The molecule has 26 nitrogen and oxygen atoms in total. The minimum atomic E-state index is -1.94. The van der Waals surface area contributed by atoms with Gasteiger partial charge >= 0.3 is 17.9 Å². The smallest absolute Gasteiger partial charge is 0.337 e. The van der Waals surface area contributed by atoms with Crippen LogP contribution in [0, 0.1) is 50.2 Å². The number of rotatable bonds is 14. The van der Waals surface area contributed by atoms with E-state index in [2.05, 4.69) is 54.5 Å². The highest BCUT2D eigenvalue weighted by molar-refractivity contribution is 5.87. The van der Waals surface area contributed by atoms with Crippen molar-refractivity contribution < 1.29 is 128 Å². The molecule has 5 aliphatic carbocycles. The maximum absolute atomic E-state index is 15.7. The number of aliphatic hydroxyl groups excluding tert-OH is 12. The molecule has 4 saturated heterocycles. The van der Waals surface area contributed by atoms with E-state index < -0.39 is 194 Å². The Kier molecular flexibility index (Phi) is 19.5. The van der Waals surface area contributed by atoms with Crippen LogP contribution >= 0.6 is 0 Å². The molecule has 1 aromatic rings. The first-order valence-corrected chi connectivity index (χ1v) is 31.1. The highest BCUT2D eigenvalue weighted by atomic mass is 16.8. The van der Waals surface area contributed by atoms with Crippen LogP contribution in [-0.2, 0) is 61.8 Å². The molecule has 0 amide bonds. The lowest BCUT2D eigenvalue weighted by atomic mass is 9.33. The lowest BCUT2D eigenvalue weighted by Crippen LogP contribution is -2.68. The molecule has 0 aromatic heterocycles. The average Bonchev–Trinajstić information content (AvgIpc) is 0.675. The summed E-state index contributed by atoms with van der Waals surface area (Å²) >= 11 is 0. The number of fused-ring (bicyclic) bond motifs is 7. The van der Waals surface area contributed by atoms with E-state index in [-0.39, 0.29) is 41.3 Å². The number of carbonyl (C=O) groups is 3. The number of phenols is 1. The van der Waals surface area contributed by atoms with Gasteiger partial charge in [-0.1, -0.05) is 72.2 Å². The number of phenolic OH excluding ortho intramolecular Hbond substituents is 1. The lowest BCUT2D eigenvalue weighted by molar-refractivity contribution is -0.374. The summed E-state index contributed by atoms with van der Waals surface area (Å²) in [6.45, 7) is 13.1. The van der Waals surface area contributed by atoms with Gasteiger partial charge in [0.05, 0.1) is 39.1 Å². The van der Waals surface area contributed by atoms with Crippen LogP contribution in [0.3, 0.4) is 0 Å². The van der Waals surface area contributed by atoms with Crippen molar-refractivity contribution in [1.29, 1.82) is 0 Å². The predicted octanol–water partition coefficient (Wildman–Crippen LogP) is -0.275. The van der Waals surface area contributed by atoms with Gasteiger partial charge in [0.1, 0.15) is 90.5 Å². The summed E-state index contributed by atoms with van der Waals surface area (Å²) in [7, 11) is 1.09. The Hall–Kier alpha value is -3.85. The Morgan fingerprint density at radius 1 is 0.629 bits per heavy atom. The third-order valence-electron chi connectivity index (χ3n) is 22.7. The second kappa shape index (κ2) is 25.5. The highest BCUT2D eigenvalue weighted by Crippen LogP contribution is 2.76. The van der Waals surface area contributed by atoms with E-state index in [4.69, 9.17) is 47.4 Å². The van der Waals surface area contributed by atoms with E-state index in [1.807, 2.05) is 0 Å². The number of hydrogen-bond acceptors (Lipinski definition) is 26. The Morgan fingerprint density at radius 3 is 1.85 bits per heavy atom. The van der Waals surface area contributed by atoms with Gasteiger partial charge in [-0.05, 0) is 126 Å². The molecular formula is C63H92O26. The molecule has 4 heterocycles. The summed E-state index contributed by atoms with van der Waals surface area (Å²) in [6, 6.07) is 5.89. The highest BCUT2D eigenvalue weighted by Gasteiger charge is 2.72. The predicted molar refractivity (Wildman–Crippen MR) is 304 cm³/mol. The van der Waals surface area contributed by atoms with Crippen molar-refractivity contribution in [2.45, 2.75) is 235 Å². The standard InChI is InChI=1S/C63H92O26/c1-58(2)21-22-63(57(79)89-55-51(85-39(69)16-11-28-9-12-29(66)13-10-28)48(32(67)27-81-55)86-53-46(76)42(72)40(70)33(25-64)82-53)31(23-58)30-14-15-36-60(5)19-18-38(59(3,4)35(60)17-20-61(36,6)62(30,7)24-37(63)68)84-56-50(45(75)44(74)49(87-56)52(78)80-8)88-54-47(77)43(73)41(71)34(26-65)83-54/h9-14,16,31-38,40-51,53-56,64-68,70-77H,15,17-27H2,1-8H3/b16-11+/t31-,32+,33+,34+,35-,36+,37+,38-,40+,41-,42-,43-,44-,45-,46+,47+,48-,49-,50+,51+,53-,54-,55-,56+,60-,61+,62+,63+/m0/s1. The third kappa shape index (κ3) is 11.8. The molecular weight excluding hydrogens is 1170 g/mol. The average molecular weight is 1270 g/mol. The van der Waals surface area contributed by atoms with Gasteiger partial charge in [0, 0.05) is 6.08 Å². The van der Waals surface area contributed by atoms with Crippen molar-refractivity contribution in [1.82, 2.24) is 0 Å². The number of ether oxygens (including phenoxy) is 10. The molecule has 0 radical (unpaired) electrons. The Bertz CT molecular complexity index is 2760. The van der Waals surface area contributed by atoms with Crippen LogP contribution in [0.1, 0.15) is 112 Å². The van der Waals surface area contributed by atoms with E-state index in [0.29, 0.717) is 50.5 Å². The maximum Gasteiger partial charge on any atom is 0.337 e. The summed E-state index contributed by atoms with van der Waals surface area (Å²) in [5, 5.41) is 141. The Morgan fingerprint density at radius 2 is 1.25 bits per heavy atom. The molecule has 0 spiro atoms. The second-order valence-electron chi connectivity index (χ2n) is 28.5. The fourth-order valence-corrected chi connectivity index (χ4v) is 17.5. The van der Waals surface area contributed by atoms with Crippen molar-refractivity contribution in [3.05, 3.63) is 47.6 Å². The zero-order valence-electron chi connectivity index (χ0n) is 51.5. The number of carbonyl (C=O) groups excluding carboxylic acids is 3. The SMILES string of the molecule is COC(=O)[C@H]1O[C@@H](O[C@H]2CC[C@]3(C)[C@H]4CC=C5[C@@H]6CC(C)(C)CC[C@]6(C(=O)O[C@@H]6OC[C@@H](O)[C@H](O[C@@H]7O[C@H](CO)[C@@H](O)[C@H](O)[C@H]7O)[C@H]6OC(=O)/C=C/c6ccc(O)cc6)[C@H](O)C[C@@]5(C)[C@]4(C)CC[C@H]3C2(C)C)[C@H](O[C@@H]2O[C@H](CO)[C@H](O)[C@H](O)[C@H]2O)[C@@H](O)[C@@H]1O. The molecule has 10 rings (SSSR count). The fourth-order valence-electron chi connectivity index (χ4n) is 17.5. The molecule has 0 unspecified atom stereocenters. The molecule has 26 heteroatoms. The number of aliphatic hydroxyl groups is 12. The number of hydrogen-bond donors (Lipinski definition) is 13. The molecule has 8 fully saturated rings. The number of allylic oxidation sites excluding steroid dienone is 2. The largest absolute Gasteiger partial charge is 0.508 e. The van der Waals surface area contributed by atoms with Gasteiger partial charge < -0.3 is 114 Å². The Balaban J connectivity index is 0.923. The molecule has 13 N–H and O–H groups in total. The van der Waals surface area contributed by atoms with Gasteiger partial charge in [0.2, 0.25) is 6.29 Å².